The fourth-order valence-corrected chi connectivity index (χ4v) is 2.44. The SMILES string of the molecule is CC/C(=C/[C@H](C)CC)N1CCC[C@H]1COC. The maximum absolute atomic E-state index is 5.31. The molecule has 1 heterocycles. The summed E-state index contributed by atoms with van der Waals surface area (Å²) in [6.45, 7) is 8.90. The smallest absolute Gasteiger partial charge is 0.0666 e. The molecule has 94 valence electrons. The van der Waals surface area contributed by atoms with Crippen LogP contribution >= 0.6 is 0 Å². The molecule has 0 aliphatic carbocycles. The second-order valence-corrected chi connectivity index (χ2v) is 4.84. The number of methoxy groups -OCH3 is 1. The van der Waals surface area contributed by atoms with Gasteiger partial charge in [0.2, 0.25) is 0 Å². The summed E-state index contributed by atoms with van der Waals surface area (Å²) in [6.07, 6.45) is 7.42. The third kappa shape index (κ3) is 3.51. The zero-order valence-corrected chi connectivity index (χ0v) is 11.3. The summed E-state index contributed by atoms with van der Waals surface area (Å²) in [6, 6.07) is 0.611. The van der Waals surface area contributed by atoms with Crippen LogP contribution in [0.4, 0.5) is 0 Å². The summed E-state index contributed by atoms with van der Waals surface area (Å²) in [5.41, 5.74) is 1.52. The molecule has 1 saturated heterocycles. The molecule has 0 saturated carbocycles. The molecule has 1 rings (SSSR count). The first-order valence-corrected chi connectivity index (χ1v) is 6.69. The van der Waals surface area contributed by atoms with Gasteiger partial charge in [-0.3, -0.25) is 0 Å². The van der Waals surface area contributed by atoms with Crippen LogP contribution in [-0.4, -0.2) is 31.2 Å². The molecular formula is C14H27NO. The van der Waals surface area contributed by atoms with Crippen molar-refractivity contribution in [3.05, 3.63) is 11.8 Å². The van der Waals surface area contributed by atoms with Crippen molar-refractivity contribution in [3.8, 4) is 0 Å². The number of hydrogen-bond donors (Lipinski definition) is 0. The standard InChI is InChI=1S/C14H27NO/c1-5-12(3)10-13(6-2)15-9-7-8-14(15)11-16-4/h10,12,14H,5-9,11H2,1-4H3/b13-10-/t12-,14+/m1/s1. The van der Waals surface area contributed by atoms with E-state index in [1.54, 1.807) is 7.11 Å². The Kier molecular flexibility index (Phi) is 5.89. The molecule has 1 aliphatic rings. The van der Waals surface area contributed by atoms with Gasteiger partial charge in [0.1, 0.15) is 0 Å². The Balaban J connectivity index is 2.67. The highest BCUT2D eigenvalue weighted by molar-refractivity contribution is 5.06. The minimum absolute atomic E-state index is 0.611. The van der Waals surface area contributed by atoms with E-state index >= 15 is 0 Å². The van der Waals surface area contributed by atoms with Gasteiger partial charge in [0.05, 0.1) is 12.6 Å². The number of rotatable bonds is 6. The average Bonchev–Trinajstić information content (AvgIpc) is 2.74. The van der Waals surface area contributed by atoms with Gasteiger partial charge in [0, 0.05) is 19.4 Å². The summed E-state index contributed by atoms with van der Waals surface area (Å²) >= 11 is 0. The highest BCUT2D eigenvalue weighted by Crippen LogP contribution is 2.25. The van der Waals surface area contributed by atoms with Crippen LogP contribution < -0.4 is 0 Å². The van der Waals surface area contributed by atoms with Crippen molar-refractivity contribution in [2.45, 2.75) is 52.5 Å². The first-order chi connectivity index (χ1) is 7.72. The van der Waals surface area contributed by atoms with Crippen LogP contribution in [0.15, 0.2) is 11.8 Å². The van der Waals surface area contributed by atoms with Gasteiger partial charge < -0.3 is 9.64 Å². The third-order valence-electron chi connectivity index (χ3n) is 3.59. The molecule has 2 nitrogen and oxygen atoms in total. The van der Waals surface area contributed by atoms with Gasteiger partial charge in [-0.05, 0) is 25.2 Å². The summed E-state index contributed by atoms with van der Waals surface area (Å²) in [7, 11) is 1.81. The predicted octanol–water partition coefficient (Wildman–Crippen LogP) is 3.44. The van der Waals surface area contributed by atoms with E-state index in [4.69, 9.17) is 4.74 Å². The van der Waals surface area contributed by atoms with E-state index in [0.29, 0.717) is 12.0 Å². The zero-order valence-electron chi connectivity index (χ0n) is 11.3. The van der Waals surface area contributed by atoms with Crippen molar-refractivity contribution in [1.29, 1.82) is 0 Å². The van der Waals surface area contributed by atoms with E-state index in [2.05, 4.69) is 31.7 Å². The van der Waals surface area contributed by atoms with Crippen molar-refractivity contribution in [3.63, 3.8) is 0 Å². The van der Waals surface area contributed by atoms with Crippen molar-refractivity contribution in [2.24, 2.45) is 5.92 Å². The van der Waals surface area contributed by atoms with E-state index in [-0.39, 0.29) is 0 Å². The van der Waals surface area contributed by atoms with Gasteiger partial charge in [-0.25, -0.2) is 0 Å². The first kappa shape index (κ1) is 13.6. The molecule has 0 aromatic rings. The third-order valence-corrected chi connectivity index (χ3v) is 3.59. The summed E-state index contributed by atoms with van der Waals surface area (Å²) in [4.78, 5) is 2.57. The molecule has 2 atom stereocenters. The van der Waals surface area contributed by atoms with Gasteiger partial charge in [-0.2, -0.15) is 0 Å². The molecule has 0 unspecified atom stereocenters. The Morgan fingerprint density at radius 3 is 2.81 bits per heavy atom. The van der Waals surface area contributed by atoms with Gasteiger partial charge in [0.25, 0.3) is 0 Å². The molecule has 0 radical (unpaired) electrons. The van der Waals surface area contributed by atoms with E-state index in [1.807, 2.05) is 0 Å². The fraction of sp³-hybridized carbons (Fsp3) is 0.857. The molecule has 0 aromatic carbocycles. The van der Waals surface area contributed by atoms with Crippen molar-refractivity contribution < 1.29 is 4.74 Å². The van der Waals surface area contributed by atoms with E-state index < -0.39 is 0 Å². The van der Waals surface area contributed by atoms with Gasteiger partial charge in [0.15, 0.2) is 0 Å². The molecule has 0 bridgehead atoms. The van der Waals surface area contributed by atoms with Crippen molar-refractivity contribution >= 4 is 0 Å². The first-order valence-electron chi connectivity index (χ1n) is 6.69. The fourth-order valence-electron chi connectivity index (χ4n) is 2.44. The van der Waals surface area contributed by atoms with Crippen LogP contribution in [0, 0.1) is 5.92 Å². The maximum Gasteiger partial charge on any atom is 0.0666 e. The highest BCUT2D eigenvalue weighted by atomic mass is 16.5. The Morgan fingerprint density at radius 1 is 1.50 bits per heavy atom. The Morgan fingerprint density at radius 2 is 2.25 bits per heavy atom. The van der Waals surface area contributed by atoms with Gasteiger partial charge in [-0.15, -0.1) is 0 Å². The minimum Gasteiger partial charge on any atom is -0.383 e. The van der Waals surface area contributed by atoms with Crippen LogP contribution in [0.5, 0.6) is 0 Å². The normalized spacial score (nSPS) is 23.9. The van der Waals surface area contributed by atoms with Gasteiger partial charge in [-0.1, -0.05) is 33.3 Å². The van der Waals surface area contributed by atoms with Crippen LogP contribution in [0.3, 0.4) is 0 Å². The molecule has 1 aliphatic heterocycles. The molecule has 0 aromatic heterocycles. The predicted molar refractivity (Wildman–Crippen MR) is 69.4 cm³/mol. The van der Waals surface area contributed by atoms with Crippen LogP contribution in [0.25, 0.3) is 0 Å². The lowest BCUT2D eigenvalue weighted by Gasteiger charge is -2.29. The zero-order chi connectivity index (χ0) is 12.0. The van der Waals surface area contributed by atoms with E-state index in [0.717, 1.165) is 13.0 Å². The molecular weight excluding hydrogens is 198 g/mol. The van der Waals surface area contributed by atoms with Crippen molar-refractivity contribution in [1.82, 2.24) is 4.90 Å². The number of nitrogens with zero attached hydrogens (tertiary/aromatic N) is 1. The number of hydrogen-bond acceptors (Lipinski definition) is 2. The topological polar surface area (TPSA) is 12.5 Å². The lowest BCUT2D eigenvalue weighted by atomic mass is 10.1. The minimum atomic E-state index is 0.611. The summed E-state index contributed by atoms with van der Waals surface area (Å²) in [5.74, 6) is 0.693. The molecule has 1 fully saturated rings. The molecule has 16 heavy (non-hydrogen) atoms. The van der Waals surface area contributed by atoms with Crippen molar-refractivity contribution in [2.75, 3.05) is 20.3 Å². The Labute approximate surface area is 101 Å². The van der Waals surface area contributed by atoms with E-state index in [9.17, 15) is 0 Å². The van der Waals surface area contributed by atoms with Crippen LogP contribution in [-0.2, 0) is 4.74 Å². The summed E-state index contributed by atoms with van der Waals surface area (Å²) in [5, 5.41) is 0. The second kappa shape index (κ2) is 6.95. The maximum atomic E-state index is 5.31. The summed E-state index contributed by atoms with van der Waals surface area (Å²) < 4.78 is 5.31. The van der Waals surface area contributed by atoms with Crippen LogP contribution in [0.1, 0.15) is 46.5 Å². The largest absolute Gasteiger partial charge is 0.383 e. The average molecular weight is 225 g/mol. The lowest BCUT2D eigenvalue weighted by Crippen LogP contribution is -2.32. The monoisotopic (exact) mass is 225 g/mol. The Hall–Kier alpha value is -0.500. The number of ether oxygens (including phenoxy) is 1. The Bertz CT molecular complexity index is 225. The lowest BCUT2D eigenvalue weighted by molar-refractivity contribution is 0.130. The molecule has 0 amide bonds. The number of allylic oxidation sites excluding steroid dienone is 2. The highest BCUT2D eigenvalue weighted by Gasteiger charge is 2.25. The number of likely N-dealkylation sites (tertiary alicyclic amines) is 1. The molecule has 0 spiro atoms. The molecule has 0 N–H and O–H groups in total. The van der Waals surface area contributed by atoms with Gasteiger partial charge >= 0.3 is 0 Å². The van der Waals surface area contributed by atoms with Crippen LogP contribution in [0.2, 0.25) is 0 Å². The molecule has 2 heteroatoms. The van der Waals surface area contributed by atoms with E-state index in [1.165, 1.54) is 31.5 Å². The quantitative estimate of drug-likeness (QED) is 0.686. The second-order valence-electron chi connectivity index (χ2n) is 4.84.